The molecule has 0 fully saturated rings. The van der Waals surface area contributed by atoms with Crippen LogP contribution in [0.25, 0.3) is 6.08 Å². The molecule has 2 N–H and O–H groups in total. The van der Waals surface area contributed by atoms with Gasteiger partial charge < -0.3 is 10.2 Å². The number of carbonyl (C=O) groups excluding carboxylic acids is 1. The van der Waals surface area contributed by atoms with Crippen molar-refractivity contribution >= 4 is 52.7 Å². The molecule has 1 aliphatic rings. The summed E-state index contributed by atoms with van der Waals surface area (Å²) in [4.78, 5) is 21.4. The van der Waals surface area contributed by atoms with Gasteiger partial charge in [-0.2, -0.15) is 5.10 Å². The van der Waals surface area contributed by atoms with Gasteiger partial charge in [-0.25, -0.2) is 9.89 Å². The van der Waals surface area contributed by atoms with Crippen LogP contribution in [-0.4, -0.2) is 48.6 Å². The Labute approximate surface area is 216 Å². The van der Waals surface area contributed by atoms with Gasteiger partial charge in [0.2, 0.25) is 5.11 Å². The zero-order valence-corrected chi connectivity index (χ0v) is 21.1. The van der Waals surface area contributed by atoms with Crippen molar-refractivity contribution < 1.29 is 4.79 Å². The van der Waals surface area contributed by atoms with Gasteiger partial charge in [-0.1, -0.05) is 60.7 Å². The number of hydrazone groups is 1. The highest BCUT2D eigenvalue weighted by atomic mass is 32.1. The Balaban J connectivity index is 1.47. The van der Waals surface area contributed by atoms with Crippen LogP contribution >= 0.6 is 12.2 Å². The van der Waals surface area contributed by atoms with Gasteiger partial charge in [0.25, 0.3) is 5.91 Å². The first kappa shape index (κ1) is 24.8. The zero-order valence-electron chi connectivity index (χ0n) is 20.3. The van der Waals surface area contributed by atoms with E-state index >= 15 is 0 Å². The highest BCUT2D eigenvalue weighted by Crippen LogP contribution is 2.21. The number of anilines is 2. The Kier molecular flexibility index (Phi) is 8.20. The number of nitrogens with one attached hydrogen (secondary N) is 2. The second kappa shape index (κ2) is 11.9. The van der Waals surface area contributed by atoms with Crippen LogP contribution in [-0.2, 0) is 4.79 Å². The van der Waals surface area contributed by atoms with Crippen LogP contribution in [0.5, 0.6) is 0 Å². The topological polar surface area (TPSA) is 72.3 Å². The van der Waals surface area contributed by atoms with E-state index in [4.69, 9.17) is 12.2 Å². The molecule has 0 aliphatic carbocycles. The Morgan fingerprint density at radius 1 is 0.972 bits per heavy atom. The molecule has 182 valence electrons. The van der Waals surface area contributed by atoms with Crippen molar-refractivity contribution in [3.8, 4) is 0 Å². The zero-order chi connectivity index (χ0) is 25.3. The normalized spacial score (nSPS) is 14.3. The summed E-state index contributed by atoms with van der Waals surface area (Å²) in [7, 11) is 4.02. The van der Waals surface area contributed by atoms with Crippen LogP contribution in [0.4, 0.5) is 11.4 Å². The molecule has 0 spiro atoms. The lowest BCUT2D eigenvalue weighted by molar-refractivity contribution is -0.120. The minimum atomic E-state index is -0.281. The first-order valence-electron chi connectivity index (χ1n) is 11.6. The molecule has 3 aromatic carbocycles. The molecule has 0 atom stereocenters. The third kappa shape index (κ3) is 6.43. The van der Waals surface area contributed by atoms with Crippen LogP contribution in [0.15, 0.2) is 101 Å². The van der Waals surface area contributed by atoms with Crippen molar-refractivity contribution in [1.82, 2.24) is 10.3 Å². The van der Waals surface area contributed by atoms with Gasteiger partial charge in [0.15, 0.2) is 0 Å². The highest BCUT2D eigenvalue weighted by molar-refractivity contribution is 7.80. The Morgan fingerprint density at radius 3 is 2.25 bits per heavy atom. The van der Waals surface area contributed by atoms with Gasteiger partial charge in [0.1, 0.15) is 11.5 Å². The number of thiocarbonyl (C=S) groups is 1. The number of hydrogen-bond acceptors (Lipinski definition) is 6. The summed E-state index contributed by atoms with van der Waals surface area (Å²) in [6.07, 6.45) is 3.92. The molecule has 0 saturated heterocycles. The monoisotopic (exact) mass is 496 g/mol. The summed E-state index contributed by atoms with van der Waals surface area (Å²) in [6.45, 7) is 0.582. The van der Waals surface area contributed by atoms with Gasteiger partial charge in [-0.3, -0.25) is 10.2 Å². The first-order chi connectivity index (χ1) is 17.5. The maximum atomic E-state index is 13.3. The van der Waals surface area contributed by atoms with E-state index in [-0.39, 0.29) is 11.0 Å². The fourth-order valence-electron chi connectivity index (χ4n) is 3.59. The van der Waals surface area contributed by atoms with E-state index in [2.05, 4.69) is 37.9 Å². The summed E-state index contributed by atoms with van der Waals surface area (Å²) >= 11 is 5.53. The average Bonchev–Trinajstić information content (AvgIpc) is 3.20. The second-order valence-electron chi connectivity index (χ2n) is 8.31. The number of benzene rings is 3. The van der Waals surface area contributed by atoms with Gasteiger partial charge in [0, 0.05) is 38.4 Å². The summed E-state index contributed by atoms with van der Waals surface area (Å²) in [5.41, 5.74) is 7.08. The van der Waals surface area contributed by atoms with Crippen molar-refractivity contribution in [3.63, 3.8) is 0 Å². The Morgan fingerprint density at radius 2 is 1.61 bits per heavy atom. The smallest absolute Gasteiger partial charge is 0.284 e. The molecule has 0 unspecified atom stereocenters. The quantitative estimate of drug-likeness (QED) is 0.204. The molecular formula is C28H28N6OS. The van der Waals surface area contributed by atoms with E-state index in [9.17, 15) is 4.79 Å². The van der Waals surface area contributed by atoms with Gasteiger partial charge in [-0.15, -0.1) is 0 Å². The van der Waals surface area contributed by atoms with E-state index in [1.165, 1.54) is 4.90 Å². The summed E-state index contributed by atoms with van der Waals surface area (Å²) in [6, 6.07) is 27.4. The van der Waals surface area contributed by atoms with E-state index in [0.717, 1.165) is 22.5 Å². The number of nitrogens with zero attached hydrogens (tertiary/aromatic N) is 4. The standard InChI is InChI=1S/C28H28N6OS/c1-33(2)24-15-13-23(14-16-24)29-18-17-26-31-25(19-21-9-5-3-6-10-21)27(35)34(26)28(36)32-30-20-22-11-7-4-8-12-22/h3-16,19-20,29H,17-18H2,1-2H3,(H,32,36)/b25-19+,30-20+. The van der Waals surface area contributed by atoms with Crippen LogP contribution < -0.4 is 15.6 Å². The number of hydrogen-bond donors (Lipinski definition) is 2. The third-order valence-electron chi connectivity index (χ3n) is 5.47. The lowest BCUT2D eigenvalue weighted by Gasteiger charge is -2.18. The maximum absolute atomic E-state index is 13.3. The number of rotatable bonds is 8. The Hall–Kier alpha value is -4.30. The van der Waals surface area contributed by atoms with Crippen LogP contribution in [0, 0.1) is 0 Å². The summed E-state index contributed by atoms with van der Waals surface area (Å²) in [5, 5.41) is 7.78. The molecule has 1 aliphatic heterocycles. The largest absolute Gasteiger partial charge is 0.385 e. The molecule has 0 radical (unpaired) electrons. The molecule has 7 nitrogen and oxygen atoms in total. The fraction of sp³-hybridized carbons (Fsp3) is 0.143. The first-order valence-corrected chi connectivity index (χ1v) is 12.0. The van der Waals surface area contributed by atoms with Crippen LogP contribution in [0.1, 0.15) is 17.5 Å². The molecule has 8 heteroatoms. The molecule has 0 bridgehead atoms. The molecular weight excluding hydrogens is 468 g/mol. The van der Waals surface area contributed by atoms with Crippen LogP contribution in [0.2, 0.25) is 0 Å². The van der Waals surface area contributed by atoms with Crippen molar-refractivity contribution in [2.45, 2.75) is 6.42 Å². The van der Waals surface area contributed by atoms with Gasteiger partial charge in [-0.05, 0) is 53.7 Å². The van der Waals surface area contributed by atoms with Crippen molar-refractivity contribution in [2.24, 2.45) is 10.1 Å². The lowest BCUT2D eigenvalue weighted by atomic mass is 10.2. The van der Waals surface area contributed by atoms with E-state index in [1.807, 2.05) is 86.9 Å². The number of amides is 1. The predicted octanol–water partition coefficient (Wildman–Crippen LogP) is 4.75. The summed E-state index contributed by atoms with van der Waals surface area (Å²) in [5.74, 6) is 0.281. The van der Waals surface area contributed by atoms with Crippen LogP contribution in [0.3, 0.4) is 0 Å². The number of aliphatic imine (C=N–C) groups is 1. The Bertz CT molecular complexity index is 1280. The number of carbonyl (C=O) groups is 1. The average molecular weight is 497 g/mol. The SMILES string of the molecule is CN(C)c1ccc(NCCC2=N/C(=C/c3ccccc3)C(=O)N2C(=S)N/N=C/c2ccccc2)cc1. The molecule has 0 aromatic heterocycles. The fourth-order valence-corrected chi connectivity index (χ4v) is 3.84. The van der Waals surface area contributed by atoms with Crippen molar-refractivity contribution in [1.29, 1.82) is 0 Å². The van der Waals surface area contributed by atoms with E-state index < -0.39 is 0 Å². The lowest BCUT2D eigenvalue weighted by Crippen LogP contribution is -2.43. The molecule has 4 rings (SSSR count). The van der Waals surface area contributed by atoms with E-state index in [0.29, 0.717) is 24.5 Å². The molecule has 36 heavy (non-hydrogen) atoms. The minimum Gasteiger partial charge on any atom is -0.385 e. The molecule has 3 aromatic rings. The minimum absolute atomic E-state index is 0.178. The van der Waals surface area contributed by atoms with Crippen molar-refractivity contribution in [2.75, 3.05) is 30.9 Å². The van der Waals surface area contributed by atoms with Gasteiger partial charge >= 0.3 is 0 Å². The van der Waals surface area contributed by atoms with Crippen molar-refractivity contribution in [3.05, 3.63) is 102 Å². The third-order valence-corrected chi connectivity index (χ3v) is 5.74. The van der Waals surface area contributed by atoms with Gasteiger partial charge in [0.05, 0.1) is 6.21 Å². The highest BCUT2D eigenvalue weighted by Gasteiger charge is 2.32. The molecule has 1 heterocycles. The number of amidine groups is 1. The molecule has 0 saturated carbocycles. The maximum Gasteiger partial charge on any atom is 0.284 e. The predicted molar refractivity (Wildman–Crippen MR) is 152 cm³/mol. The van der Waals surface area contributed by atoms with E-state index in [1.54, 1.807) is 12.3 Å². The summed E-state index contributed by atoms with van der Waals surface area (Å²) < 4.78 is 0. The molecule has 1 amide bonds. The second-order valence-corrected chi connectivity index (χ2v) is 8.70.